The van der Waals surface area contributed by atoms with Crippen LogP contribution in [0.1, 0.15) is 61.4 Å². The summed E-state index contributed by atoms with van der Waals surface area (Å²) < 4.78 is 11.2. The Kier molecular flexibility index (Phi) is 9.37. The lowest BCUT2D eigenvalue weighted by Gasteiger charge is -2.52. The van der Waals surface area contributed by atoms with E-state index in [9.17, 15) is 24.6 Å². The van der Waals surface area contributed by atoms with Gasteiger partial charge in [-0.1, -0.05) is 37.6 Å². The van der Waals surface area contributed by atoms with Crippen molar-refractivity contribution >= 4 is 17.8 Å². The number of aromatic carboxylic acids is 1. The van der Waals surface area contributed by atoms with Gasteiger partial charge in [0, 0.05) is 26.2 Å². The summed E-state index contributed by atoms with van der Waals surface area (Å²) in [4.78, 5) is 42.7. The lowest BCUT2D eigenvalue weighted by atomic mass is 9.79. The van der Waals surface area contributed by atoms with Crippen molar-refractivity contribution in [3.8, 4) is 17.2 Å². The maximum Gasteiger partial charge on any atom is 0.335 e. The molecule has 10 heteroatoms. The Morgan fingerprint density at radius 3 is 2.40 bits per heavy atom. The van der Waals surface area contributed by atoms with E-state index in [-0.39, 0.29) is 23.3 Å². The second-order valence-corrected chi connectivity index (χ2v) is 11.7. The lowest BCUT2D eigenvalue weighted by Crippen LogP contribution is -2.75. The average molecular weight is 592 g/mol. The number of amides is 2. The summed E-state index contributed by atoms with van der Waals surface area (Å²) in [5, 5.41) is 23.2. The highest BCUT2D eigenvalue weighted by atomic mass is 16.5. The van der Waals surface area contributed by atoms with Crippen molar-refractivity contribution in [2.24, 2.45) is 5.92 Å². The van der Waals surface area contributed by atoms with Crippen molar-refractivity contribution in [3.05, 3.63) is 65.7 Å². The standard InChI is InChI=1S/C33H41N3O7/c1-3-4-17-36-30(38)28(29(37)23-7-5-6-8-23)34-32(41)33(36)15-18-35(19-16-33)21-22-9-12-25(13-10-22)43-26-14-11-24(31(39)40)20-27(26)42-2/h5-6,9-14,20,23,28-29,37H,3-4,7-8,15-19,21H2,1-2H3,(H,34,41)(H,39,40)/t28-,29-/m1/s1. The highest BCUT2D eigenvalue weighted by Gasteiger charge is 2.55. The van der Waals surface area contributed by atoms with Gasteiger partial charge in [-0.25, -0.2) is 4.79 Å². The number of ether oxygens (including phenoxy) is 2. The van der Waals surface area contributed by atoms with E-state index in [2.05, 4.69) is 17.1 Å². The number of benzene rings is 2. The van der Waals surface area contributed by atoms with Gasteiger partial charge in [-0.3, -0.25) is 14.5 Å². The zero-order valence-corrected chi connectivity index (χ0v) is 24.8. The van der Waals surface area contributed by atoms with Gasteiger partial charge in [0.25, 0.3) is 0 Å². The van der Waals surface area contributed by atoms with E-state index < -0.39 is 23.7 Å². The van der Waals surface area contributed by atoms with Crippen LogP contribution in [-0.2, 0) is 16.1 Å². The summed E-state index contributed by atoms with van der Waals surface area (Å²) in [5.74, 6) is -0.0459. The van der Waals surface area contributed by atoms with E-state index in [1.165, 1.54) is 19.2 Å². The number of methoxy groups -OCH3 is 1. The monoisotopic (exact) mass is 591 g/mol. The molecular weight excluding hydrogens is 550 g/mol. The molecule has 43 heavy (non-hydrogen) atoms. The van der Waals surface area contributed by atoms with Crippen LogP contribution in [0.3, 0.4) is 0 Å². The summed E-state index contributed by atoms with van der Waals surface area (Å²) in [6.07, 6.45) is 7.38. The van der Waals surface area contributed by atoms with Gasteiger partial charge in [-0.15, -0.1) is 0 Å². The number of likely N-dealkylation sites (tertiary alicyclic amines) is 1. The fourth-order valence-electron chi connectivity index (χ4n) is 6.41. The molecule has 5 rings (SSSR count). The molecular formula is C33H41N3O7. The molecule has 2 atom stereocenters. The summed E-state index contributed by atoms with van der Waals surface area (Å²) in [6.45, 7) is 4.60. The maximum absolute atomic E-state index is 13.7. The van der Waals surface area contributed by atoms with Crippen LogP contribution in [0.2, 0.25) is 0 Å². The molecule has 2 amide bonds. The van der Waals surface area contributed by atoms with Crippen LogP contribution in [0.15, 0.2) is 54.6 Å². The largest absolute Gasteiger partial charge is 0.493 e. The quantitative estimate of drug-likeness (QED) is 0.335. The molecule has 10 nitrogen and oxygen atoms in total. The number of piperazine rings is 1. The topological polar surface area (TPSA) is 129 Å². The number of aliphatic hydroxyl groups excluding tert-OH is 1. The van der Waals surface area contributed by atoms with Crippen LogP contribution in [0.4, 0.5) is 0 Å². The number of unbranched alkanes of at least 4 members (excludes halogenated alkanes) is 1. The number of hydrogen-bond donors (Lipinski definition) is 3. The highest BCUT2D eigenvalue weighted by Crippen LogP contribution is 2.36. The fourth-order valence-corrected chi connectivity index (χ4v) is 6.41. The van der Waals surface area contributed by atoms with Crippen LogP contribution < -0.4 is 14.8 Å². The Bertz CT molecular complexity index is 1340. The first kappa shape index (κ1) is 30.6. The van der Waals surface area contributed by atoms with E-state index in [0.717, 1.165) is 31.2 Å². The van der Waals surface area contributed by atoms with E-state index in [4.69, 9.17) is 9.47 Å². The number of hydrogen-bond acceptors (Lipinski definition) is 7. The van der Waals surface area contributed by atoms with Gasteiger partial charge < -0.3 is 29.9 Å². The predicted molar refractivity (Wildman–Crippen MR) is 160 cm³/mol. The summed E-state index contributed by atoms with van der Waals surface area (Å²) in [7, 11) is 1.46. The molecule has 3 aliphatic rings. The van der Waals surface area contributed by atoms with Crippen LogP contribution in [0.5, 0.6) is 17.2 Å². The third-order valence-corrected chi connectivity index (χ3v) is 9.01. The van der Waals surface area contributed by atoms with Gasteiger partial charge in [-0.05, 0) is 73.9 Å². The molecule has 3 N–H and O–H groups in total. The van der Waals surface area contributed by atoms with Crippen LogP contribution in [-0.4, -0.2) is 82.2 Å². The molecule has 0 aromatic heterocycles. The van der Waals surface area contributed by atoms with Crippen molar-refractivity contribution in [2.75, 3.05) is 26.7 Å². The van der Waals surface area contributed by atoms with Gasteiger partial charge in [-0.2, -0.15) is 0 Å². The first-order valence-electron chi connectivity index (χ1n) is 15.1. The average Bonchev–Trinajstić information content (AvgIpc) is 3.56. The number of carbonyl (C=O) groups excluding carboxylic acids is 2. The highest BCUT2D eigenvalue weighted by molar-refractivity contribution is 6.00. The molecule has 1 aliphatic carbocycles. The lowest BCUT2D eigenvalue weighted by molar-refractivity contribution is -0.165. The van der Waals surface area contributed by atoms with Crippen molar-refractivity contribution in [3.63, 3.8) is 0 Å². The number of carbonyl (C=O) groups is 3. The number of carboxylic acids is 1. The second kappa shape index (κ2) is 13.2. The van der Waals surface area contributed by atoms with Crippen molar-refractivity contribution in [1.29, 1.82) is 0 Å². The summed E-state index contributed by atoms with van der Waals surface area (Å²) in [5.41, 5.74) is 0.308. The van der Waals surface area contributed by atoms with Crippen molar-refractivity contribution in [2.45, 2.75) is 69.7 Å². The van der Waals surface area contributed by atoms with Gasteiger partial charge in [0.15, 0.2) is 11.5 Å². The maximum atomic E-state index is 13.7. The molecule has 230 valence electrons. The number of allylic oxidation sites excluding steroid dienone is 2. The minimum atomic E-state index is -1.04. The predicted octanol–water partition coefficient (Wildman–Crippen LogP) is 3.97. The van der Waals surface area contributed by atoms with Crippen molar-refractivity contribution < 1.29 is 34.1 Å². The minimum Gasteiger partial charge on any atom is -0.493 e. The van der Waals surface area contributed by atoms with Gasteiger partial charge in [0.05, 0.1) is 18.8 Å². The molecule has 2 saturated heterocycles. The number of aliphatic hydroxyl groups is 1. The molecule has 0 saturated carbocycles. The Morgan fingerprint density at radius 1 is 1.07 bits per heavy atom. The zero-order valence-electron chi connectivity index (χ0n) is 24.8. The van der Waals surface area contributed by atoms with Crippen LogP contribution >= 0.6 is 0 Å². The second-order valence-electron chi connectivity index (χ2n) is 11.7. The number of rotatable bonds is 11. The number of nitrogens with one attached hydrogen (secondary N) is 1. The Hall–Kier alpha value is -3.89. The first-order valence-corrected chi connectivity index (χ1v) is 15.1. The Morgan fingerprint density at radius 2 is 1.77 bits per heavy atom. The molecule has 0 unspecified atom stereocenters. The SMILES string of the molecule is CCCCN1C(=O)[C@@H]([C@H](O)C2CC=CC2)NC(=O)C12CCN(Cc1ccc(Oc3ccc(C(=O)O)cc3OC)cc1)CC2. The first-order chi connectivity index (χ1) is 20.8. The molecule has 0 bridgehead atoms. The van der Waals surface area contributed by atoms with Gasteiger partial charge in [0.2, 0.25) is 11.8 Å². The molecule has 2 aromatic rings. The fraction of sp³-hybridized carbons (Fsp3) is 0.485. The number of nitrogens with zero attached hydrogens (tertiary/aromatic N) is 2. The summed E-state index contributed by atoms with van der Waals surface area (Å²) in [6, 6.07) is 11.2. The molecule has 0 radical (unpaired) electrons. The molecule has 2 aromatic carbocycles. The van der Waals surface area contributed by atoms with Gasteiger partial charge in [0.1, 0.15) is 17.3 Å². The number of piperidine rings is 1. The third kappa shape index (κ3) is 6.40. The molecule has 1 spiro atoms. The summed E-state index contributed by atoms with van der Waals surface area (Å²) >= 11 is 0. The van der Waals surface area contributed by atoms with E-state index >= 15 is 0 Å². The van der Waals surface area contributed by atoms with E-state index in [1.54, 1.807) is 11.0 Å². The smallest absolute Gasteiger partial charge is 0.335 e. The van der Waals surface area contributed by atoms with E-state index in [0.29, 0.717) is 56.3 Å². The van der Waals surface area contributed by atoms with Gasteiger partial charge >= 0.3 is 5.97 Å². The third-order valence-electron chi connectivity index (χ3n) is 9.01. The number of carboxylic acid groups (broad SMARTS) is 1. The molecule has 2 heterocycles. The van der Waals surface area contributed by atoms with E-state index in [1.807, 2.05) is 36.4 Å². The minimum absolute atomic E-state index is 0.0468. The van der Waals surface area contributed by atoms with Crippen LogP contribution in [0.25, 0.3) is 0 Å². The molecule has 2 aliphatic heterocycles. The normalized spacial score (nSPS) is 21.2. The molecule has 2 fully saturated rings. The Balaban J connectivity index is 1.21. The van der Waals surface area contributed by atoms with Crippen LogP contribution in [0, 0.1) is 5.92 Å². The van der Waals surface area contributed by atoms with Crippen molar-refractivity contribution in [1.82, 2.24) is 15.1 Å². The zero-order chi connectivity index (χ0) is 30.6. The Labute approximate surface area is 252 Å².